The zero-order chi connectivity index (χ0) is 9.59. The van der Waals surface area contributed by atoms with E-state index in [0.717, 1.165) is 0 Å². The predicted octanol–water partition coefficient (Wildman–Crippen LogP) is -0.836. The molecule has 2 aliphatic heterocycles. The summed E-state index contributed by atoms with van der Waals surface area (Å²) in [5, 5.41) is 20.4. The number of likely N-dealkylation sites (tertiary alicyclic amines) is 1. The number of carboxylic acid groups (broad SMARTS) is 2. The molecule has 2 saturated heterocycles. The van der Waals surface area contributed by atoms with Crippen LogP contribution in [0.3, 0.4) is 0 Å². The van der Waals surface area contributed by atoms with Crippen LogP contribution < -0.4 is 5.32 Å². The number of aliphatic carboxylic acids is 1. The fourth-order valence-corrected chi connectivity index (χ4v) is 2.12. The Labute approximate surface area is 74.1 Å². The number of fused-ring (bicyclic) bond motifs is 2. The van der Waals surface area contributed by atoms with Gasteiger partial charge in [-0.1, -0.05) is 0 Å². The average molecular weight is 186 g/mol. The molecule has 2 rings (SSSR count). The number of piperazine rings is 1. The fraction of sp³-hybridized carbons (Fsp3) is 0.714. The van der Waals surface area contributed by atoms with E-state index in [4.69, 9.17) is 10.2 Å². The van der Waals surface area contributed by atoms with Crippen LogP contribution in [0.5, 0.6) is 0 Å². The number of carboxylic acids is 1. The van der Waals surface area contributed by atoms with Crippen molar-refractivity contribution in [3.8, 4) is 0 Å². The molecule has 0 saturated carbocycles. The first kappa shape index (κ1) is 8.31. The van der Waals surface area contributed by atoms with E-state index >= 15 is 0 Å². The summed E-state index contributed by atoms with van der Waals surface area (Å²) in [4.78, 5) is 22.6. The van der Waals surface area contributed by atoms with E-state index in [1.807, 2.05) is 0 Å². The quantitative estimate of drug-likeness (QED) is 0.497. The van der Waals surface area contributed by atoms with Gasteiger partial charge in [-0.25, -0.2) is 4.79 Å². The number of hydrogen-bond acceptors (Lipinski definition) is 3. The number of hydrogen-bond donors (Lipinski definition) is 3. The Kier molecular flexibility index (Phi) is 1.66. The summed E-state index contributed by atoms with van der Waals surface area (Å²) < 4.78 is 0. The van der Waals surface area contributed by atoms with Crippen LogP contribution in [0.4, 0.5) is 4.79 Å². The molecule has 2 fully saturated rings. The first-order valence-electron chi connectivity index (χ1n) is 4.08. The summed E-state index contributed by atoms with van der Waals surface area (Å²) in [5.41, 5.74) is 0. The summed E-state index contributed by atoms with van der Waals surface area (Å²) >= 11 is 0. The maximum absolute atomic E-state index is 10.7. The van der Waals surface area contributed by atoms with Crippen molar-refractivity contribution >= 4 is 12.1 Å². The second-order valence-corrected chi connectivity index (χ2v) is 3.42. The summed E-state index contributed by atoms with van der Waals surface area (Å²) in [5.74, 6) is -0.974. The maximum Gasteiger partial charge on any atom is 0.407 e. The van der Waals surface area contributed by atoms with E-state index in [0.29, 0.717) is 13.0 Å². The summed E-state index contributed by atoms with van der Waals surface area (Å²) in [6, 6.07) is -1.10. The molecule has 2 bridgehead atoms. The maximum atomic E-state index is 10.7. The largest absolute Gasteiger partial charge is 0.480 e. The highest BCUT2D eigenvalue weighted by Crippen LogP contribution is 2.27. The highest BCUT2D eigenvalue weighted by molar-refractivity contribution is 5.77. The molecule has 2 heterocycles. The highest BCUT2D eigenvalue weighted by atomic mass is 16.4. The van der Waals surface area contributed by atoms with Crippen LogP contribution in [-0.2, 0) is 4.79 Å². The molecule has 6 nitrogen and oxygen atoms in total. The van der Waals surface area contributed by atoms with Crippen LogP contribution in [0, 0.1) is 0 Å². The Balaban J connectivity index is 2.15. The Morgan fingerprint density at radius 1 is 1.38 bits per heavy atom. The topological polar surface area (TPSA) is 89.9 Å². The van der Waals surface area contributed by atoms with Crippen LogP contribution in [-0.4, -0.2) is 51.8 Å². The Bertz CT molecular complexity index is 243. The monoisotopic (exact) mass is 186 g/mol. The Morgan fingerprint density at radius 3 is 2.54 bits per heavy atom. The van der Waals surface area contributed by atoms with Gasteiger partial charge >= 0.3 is 12.1 Å². The van der Waals surface area contributed by atoms with Crippen LogP contribution >= 0.6 is 0 Å². The van der Waals surface area contributed by atoms with Crippen LogP contribution in [0.2, 0.25) is 0 Å². The van der Waals surface area contributed by atoms with Gasteiger partial charge in [0.25, 0.3) is 0 Å². The van der Waals surface area contributed by atoms with Crippen LogP contribution in [0.1, 0.15) is 6.42 Å². The van der Waals surface area contributed by atoms with Crippen molar-refractivity contribution in [2.75, 3.05) is 6.54 Å². The minimum absolute atomic E-state index is 0.0159. The van der Waals surface area contributed by atoms with Gasteiger partial charge in [0.15, 0.2) is 0 Å². The molecular formula is C7H10N2O4. The van der Waals surface area contributed by atoms with Crippen molar-refractivity contribution in [1.29, 1.82) is 0 Å². The molecule has 3 N–H and O–H groups in total. The first-order valence-corrected chi connectivity index (χ1v) is 4.08. The average Bonchev–Trinajstić information content (AvgIpc) is 2.60. The third-order valence-electron chi connectivity index (χ3n) is 2.66. The minimum atomic E-state index is -1.03. The van der Waals surface area contributed by atoms with E-state index < -0.39 is 18.1 Å². The standard InChI is InChI=1S/C7H10N2O4/c10-6(11)5-4-1-3(8-5)2-9(4)7(12)13/h3-5,8H,1-2H2,(H,10,11)(H,12,13)/t3?,4-,5?/m0/s1. The summed E-state index contributed by atoms with van der Waals surface area (Å²) in [7, 11) is 0. The molecule has 0 radical (unpaired) electrons. The second-order valence-electron chi connectivity index (χ2n) is 3.42. The molecular weight excluding hydrogens is 176 g/mol. The third kappa shape index (κ3) is 1.14. The number of rotatable bonds is 1. The molecule has 2 aliphatic rings. The molecule has 6 heteroatoms. The van der Waals surface area contributed by atoms with Gasteiger partial charge < -0.3 is 15.1 Å². The molecule has 13 heavy (non-hydrogen) atoms. The lowest BCUT2D eigenvalue weighted by atomic mass is 10.1. The van der Waals surface area contributed by atoms with Gasteiger partial charge in [0.2, 0.25) is 0 Å². The number of carbonyl (C=O) groups is 2. The molecule has 0 spiro atoms. The van der Waals surface area contributed by atoms with Gasteiger partial charge in [-0.05, 0) is 6.42 Å². The van der Waals surface area contributed by atoms with Crippen molar-refractivity contribution in [3.63, 3.8) is 0 Å². The van der Waals surface area contributed by atoms with Crippen LogP contribution in [0.25, 0.3) is 0 Å². The second kappa shape index (κ2) is 2.59. The molecule has 3 atom stereocenters. The van der Waals surface area contributed by atoms with Gasteiger partial charge in [-0.3, -0.25) is 10.1 Å². The fourth-order valence-electron chi connectivity index (χ4n) is 2.12. The zero-order valence-electron chi connectivity index (χ0n) is 6.80. The van der Waals surface area contributed by atoms with Gasteiger partial charge in [-0.2, -0.15) is 0 Å². The first-order chi connectivity index (χ1) is 6.09. The third-order valence-corrected chi connectivity index (χ3v) is 2.66. The molecule has 72 valence electrons. The van der Waals surface area contributed by atoms with Gasteiger partial charge in [0, 0.05) is 12.6 Å². The van der Waals surface area contributed by atoms with Gasteiger partial charge in [0.1, 0.15) is 6.04 Å². The number of nitrogens with zero attached hydrogens (tertiary/aromatic N) is 1. The van der Waals surface area contributed by atoms with E-state index in [9.17, 15) is 9.59 Å². The summed E-state index contributed by atoms with van der Waals surface area (Å²) in [6.45, 7) is 0.407. The van der Waals surface area contributed by atoms with Crippen molar-refractivity contribution in [3.05, 3.63) is 0 Å². The van der Waals surface area contributed by atoms with Crippen LogP contribution in [0.15, 0.2) is 0 Å². The van der Waals surface area contributed by atoms with Crippen molar-refractivity contribution in [2.45, 2.75) is 24.5 Å². The molecule has 0 aliphatic carbocycles. The lowest BCUT2D eigenvalue weighted by Gasteiger charge is -2.29. The van der Waals surface area contributed by atoms with Gasteiger partial charge in [0.05, 0.1) is 6.04 Å². The van der Waals surface area contributed by atoms with Gasteiger partial charge in [-0.15, -0.1) is 0 Å². The lowest BCUT2D eigenvalue weighted by molar-refractivity contribution is -0.140. The van der Waals surface area contributed by atoms with Crippen molar-refractivity contribution in [2.24, 2.45) is 0 Å². The number of amides is 1. The van der Waals surface area contributed by atoms with E-state index in [1.54, 1.807) is 0 Å². The van der Waals surface area contributed by atoms with E-state index in [-0.39, 0.29) is 12.1 Å². The Hall–Kier alpha value is -1.30. The molecule has 0 aromatic heterocycles. The summed E-state index contributed by atoms with van der Waals surface area (Å²) in [6.07, 6.45) is -0.413. The molecule has 2 unspecified atom stereocenters. The smallest absolute Gasteiger partial charge is 0.407 e. The normalized spacial score (nSPS) is 36.6. The highest BCUT2D eigenvalue weighted by Gasteiger charge is 2.49. The zero-order valence-corrected chi connectivity index (χ0v) is 6.80. The predicted molar refractivity (Wildman–Crippen MR) is 41.5 cm³/mol. The molecule has 1 amide bonds. The SMILES string of the molecule is O=C(O)C1NC2C[C@@H]1N(C(=O)O)C2. The van der Waals surface area contributed by atoms with Crippen molar-refractivity contribution in [1.82, 2.24) is 10.2 Å². The Morgan fingerprint density at radius 2 is 2.08 bits per heavy atom. The van der Waals surface area contributed by atoms with E-state index in [1.165, 1.54) is 4.90 Å². The molecule has 0 aromatic rings. The van der Waals surface area contributed by atoms with E-state index in [2.05, 4.69) is 5.32 Å². The lowest BCUT2D eigenvalue weighted by Crippen LogP contribution is -2.55. The van der Waals surface area contributed by atoms with Crippen molar-refractivity contribution < 1.29 is 19.8 Å². The number of nitrogens with one attached hydrogen (secondary N) is 1. The minimum Gasteiger partial charge on any atom is -0.480 e. The molecule has 0 aromatic carbocycles.